The maximum atomic E-state index is 8.65. The van der Waals surface area contributed by atoms with E-state index in [2.05, 4.69) is 0 Å². The molecule has 1 unspecified atom stereocenters. The van der Waals surface area contributed by atoms with Gasteiger partial charge in [-0.25, -0.2) is 0 Å². The van der Waals surface area contributed by atoms with Crippen molar-refractivity contribution >= 4 is 23.2 Å². The predicted molar refractivity (Wildman–Crippen MR) is 61.3 cm³/mol. The van der Waals surface area contributed by atoms with Gasteiger partial charge < -0.3 is 15.6 Å². The zero-order valence-electron chi connectivity index (χ0n) is 8.12. The lowest BCUT2D eigenvalue weighted by Gasteiger charge is -2.17. The van der Waals surface area contributed by atoms with Crippen LogP contribution < -0.4 is 5.73 Å². The van der Waals surface area contributed by atoms with Gasteiger partial charge in [0.25, 0.3) is 0 Å². The van der Waals surface area contributed by atoms with Gasteiger partial charge in [-0.3, -0.25) is 0 Å². The van der Waals surface area contributed by atoms with Crippen LogP contribution in [0.15, 0.2) is 18.2 Å². The molecule has 84 valence electrons. The maximum absolute atomic E-state index is 8.65. The van der Waals surface area contributed by atoms with Crippen molar-refractivity contribution in [3.8, 4) is 0 Å². The Bertz CT molecular complexity index is 320. The summed E-state index contributed by atoms with van der Waals surface area (Å²) in [6.45, 7) is 0.504. The fourth-order valence-corrected chi connectivity index (χ4v) is 1.77. The molecule has 0 aliphatic carbocycles. The van der Waals surface area contributed by atoms with E-state index in [4.69, 9.17) is 38.8 Å². The van der Waals surface area contributed by atoms with Gasteiger partial charge in [0.15, 0.2) is 0 Å². The standard InChI is InChI=1S/C10H13Cl2NO2/c11-7-1-2-8(9(12)5-7)10(6-13)15-4-3-14/h1-2,5,10,14H,3-4,6,13H2. The topological polar surface area (TPSA) is 55.5 Å². The van der Waals surface area contributed by atoms with Crippen molar-refractivity contribution in [1.29, 1.82) is 0 Å². The SMILES string of the molecule is NCC(OCCO)c1ccc(Cl)cc1Cl. The quantitative estimate of drug-likeness (QED) is 0.840. The van der Waals surface area contributed by atoms with E-state index in [9.17, 15) is 0 Å². The predicted octanol–water partition coefficient (Wildman–Crippen LogP) is 2.00. The van der Waals surface area contributed by atoms with Gasteiger partial charge in [-0.1, -0.05) is 29.3 Å². The average Bonchev–Trinajstić information content (AvgIpc) is 2.21. The van der Waals surface area contributed by atoms with Crippen LogP contribution in [0.1, 0.15) is 11.7 Å². The molecule has 1 atom stereocenters. The molecule has 5 heteroatoms. The van der Waals surface area contributed by atoms with Gasteiger partial charge in [-0.15, -0.1) is 0 Å². The molecular weight excluding hydrogens is 237 g/mol. The summed E-state index contributed by atoms with van der Waals surface area (Å²) in [5.41, 5.74) is 6.34. The second-order valence-electron chi connectivity index (χ2n) is 2.98. The van der Waals surface area contributed by atoms with E-state index in [0.717, 1.165) is 5.56 Å². The third-order valence-corrected chi connectivity index (χ3v) is 2.50. The third kappa shape index (κ3) is 3.63. The number of rotatable bonds is 5. The number of nitrogens with two attached hydrogens (primary N) is 1. The first kappa shape index (κ1) is 12.7. The molecule has 3 nitrogen and oxygen atoms in total. The Hall–Kier alpha value is -0.320. The molecule has 0 saturated heterocycles. The molecule has 0 amide bonds. The van der Waals surface area contributed by atoms with Crippen LogP contribution in [0.4, 0.5) is 0 Å². The number of aliphatic hydroxyl groups excluding tert-OH is 1. The van der Waals surface area contributed by atoms with Crippen molar-refractivity contribution in [2.45, 2.75) is 6.10 Å². The van der Waals surface area contributed by atoms with Crippen LogP contribution in [-0.4, -0.2) is 24.9 Å². The zero-order chi connectivity index (χ0) is 11.3. The lowest BCUT2D eigenvalue weighted by Crippen LogP contribution is -2.17. The maximum Gasteiger partial charge on any atom is 0.0962 e. The van der Waals surface area contributed by atoms with Gasteiger partial charge in [0, 0.05) is 22.2 Å². The van der Waals surface area contributed by atoms with Gasteiger partial charge in [-0.05, 0) is 12.1 Å². The van der Waals surface area contributed by atoms with E-state index in [1.165, 1.54) is 0 Å². The van der Waals surface area contributed by atoms with Crippen molar-refractivity contribution < 1.29 is 9.84 Å². The highest BCUT2D eigenvalue weighted by molar-refractivity contribution is 6.35. The second-order valence-corrected chi connectivity index (χ2v) is 3.83. The summed E-state index contributed by atoms with van der Waals surface area (Å²) in [5.74, 6) is 0. The van der Waals surface area contributed by atoms with Crippen molar-refractivity contribution in [2.24, 2.45) is 5.73 Å². The van der Waals surface area contributed by atoms with Gasteiger partial charge >= 0.3 is 0 Å². The monoisotopic (exact) mass is 249 g/mol. The van der Waals surface area contributed by atoms with Gasteiger partial charge in [0.2, 0.25) is 0 Å². The van der Waals surface area contributed by atoms with Crippen LogP contribution in [0.2, 0.25) is 10.0 Å². The Morgan fingerprint density at radius 1 is 1.40 bits per heavy atom. The fraction of sp³-hybridized carbons (Fsp3) is 0.400. The Morgan fingerprint density at radius 3 is 2.67 bits per heavy atom. The molecule has 1 aromatic carbocycles. The Labute approximate surface area is 98.7 Å². The van der Waals surface area contributed by atoms with Gasteiger partial charge in [-0.2, -0.15) is 0 Å². The van der Waals surface area contributed by atoms with E-state index in [0.29, 0.717) is 16.6 Å². The lowest BCUT2D eigenvalue weighted by atomic mass is 10.1. The van der Waals surface area contributed by atoms with Gasteiger partial charge in [0.05, 0.1) is 19.3 Å². The molecule has 0 bridgehead atoms. The second kappa shape index (κ2) is 6.30. The summed E-state index contributed by atoms with van der Waals surface area (Å²) in [4.78, 5) is 0. The summed E-state index contributed by atoms with van der Waals surface area (Å²) >= 11 is 11.8. The lowest BCUT2D eigenvalue weighted by molar-refractivity contribution is 0.0329. The van der Waals surface area contributed by atoms with Crippen molar-refractivity contribution in [2.75, 3.05) is 19.8 Å². The Morgan fingerprint density at radius 2 is 2.13 bits per heavy atom. The highest BCUT2D eigenvalue weighted by Gasteiger charge is 2.13. The van der Waals surface area contributed by atoms with Crippen LogP contribution in [0.5, 0.6) is 0 Å². The molecule has 0 aliphatic rings. The number of ether oxygens (including phenoxy) is 1. The number of hydrogen-bond donors (Lipinski definition) is 2. The van der Waals surface area contributed by atoms with Gasteiger partial charge in [0.1, 0.15) is 0 Å². The largest absolute Gasteiger partial charge is 0.394 e. The highest BCUT2D eigenvalue weighted by Crippen LogP contribution is 2.27. The first-order valence-corrected chi connectivity index (χ1v) is 5.32. The molecule has 0 aliphatic heterocycles. The van der Waals surface area contributed by atoms with Crippen molar-refractivity contribution in [3.63, 3.8) is 0 Å². The number of halogens is 2. The number of aliphatic hydroxyl groups is 1. The Balaban J connectivity index is 2.81. The third-order valence-electron chi connectivity index (χ3n) is 1.93. The Kier molecular flexibility index (Phi) is 5.36. The van der Waals surface area contributed by atoms with E-state index in [-0.39, 0.29) is 19.3 Å². The minimum Gasteiger partial charge on any atom is -0.394 e. The number of benzene rings is 1. The summed E-state index contributed by atoms with van der Waals surface area (Å²) < 4.78 is 5.34. The summed E-state index contributed by atoms with van der Waals surface area (Å²) in [7, 11) is 0. The van der Waals surface area contributed by atoms with Crippen LogP contribution in [0.25, 0.3) is 0 Å². The van der Waals surface area contributed by atoms with E-state index in [1.54, 1.807) is 18.2 Å². The minimum atomic E-state index is -0.304. The van der Waals surface area contributed by atoms with Crippen LogP contribution >= 0.6 is 23.2 Å². The first-order chi connectivity index (χ1) is 7.19. The summed E-state index contributed by atoms with van der Waals surface area (Å²) in [6.07, 6.45) is -0.304. The average molecular weight is 250 g/mol. The van der Waals surface area contributed by atoms with Crippen LogP contribution in [-0.2, 0) is 4.74 Å². The molecule has 0 aromatic heterocycles. The first-order valence-electron chi connectivity index (χ1n) is 4.56. The van der Waals surface area contributed by atoms with Crippen molar-refractivity contribution in [1.82, 2.24) is 0 Å². The number of hydrogen-bond acceptors (Lipinski definition) is 3. The van der Waals surface area contributed by atoms with Crippen LogP contribution in [0, 0.1) is 0 Å². The van der Waals surface area contributed by atoms with E-state index in [1.807, 2.05) is 0 Å². The smallest absolute Gasteiger partial charge is 0.0962 e. The minimum absolute atomic E-state index is 0.0400. The highest BCUT2D eigenvalue weighted by atomic mass is 35.5. The van der Waals surface area contributed by atoms with Crippen molar-refractivity contribution in [3.05, 3.63) is 33.8 Å². The molecular formula is C10H13Cl2NO2. The molecule has 0 heterocycles. The van der Waals surface area contributed by atoms with E-state index < -0.39 is 0 Å². The molecule has 1 rings (SSSR count). The molecule has 0 radical (unpaired) electrons. The molecule has 0 saturated carbocycles. The molecule has 3 N–H and O–H groups in total. The molecule has 0 spiro atoms. The molecule has 0 fully saturated rings. The normalized spacial score (nSPS) is 12.8. The summed E-state index contributed by atoms with van der Waals surface area (Å²) in [5, 5.41) is 9.75. The zero-order valence-corrected chi connectivity index (χ0v) is 9.63. The fourth-order valence-electron chi connectivity index (χ4n) is 1.24. The molecule has 1 aromatic rings. The van der Waals surface area contributed by atoms with E-state index >= 15 is 0 Å². The summed E-state index contributed by atoms with van der Waals surface area (Å²) in [6, 6.07) is 5.15. The molecule has 15 heavy (non-hydrogen) atoms. The van der Waals surface area contributed by atoms with Crippen LogP contribution in [0.3, 0.4) is 0 Å².